The third-order valence-electron chi connectivity index (χ3n) is 7.46. The topological polar surface area (TPSA) is 38.3 Å². The molecule has 134 valence electrons. The van der Waals surface area contributed by atoms with Crippen molar-refractivity contribution in [3.05, 3.63) is 34.9 Å². The fourth-order valence-corrected chi connectivity index (χ4v) is 6.27. The molecule has 3 aliphatic rings. The number of rotatable bonds is 3. The first-order chi connectivity index (χ1) is 12.1. The quantitative estimate of drug-likeness (QED) is 0.617. The van der Waals surface area contributed by atoms with Crippen molar-refractivity contribution in [2.75, 3.05) is 12.4 Å². The molecule has 3 nitrogen and oxygen atoms in total. The third-order valence-corrected chi connectivity index (χ3v) is 7.46. The summed E-state index contributed by atoms with van der Waals surface area (Å²) in [6.07, 6.45) is 10.7. The Morgan fingerprint density at radius 2 is 2.08 bits per heavy atom. The second-order valence-corrected chi connectivity index (χ2v) is 8.24. The zero-order chi connectivity index (χ0) is 17.6. The fourth-order valence-electron chi connectivity index (χ4n) is 6.27. The van der Waals surface area contributed by atoms with Gasteiger partial charge >= 0.3 is 0 Å². The molecule has 1 aromatic rings. The highest BCUT2D eigenvalue weighted by Gasteiger charge is 2.52. The maximum absolute atomic E-state index is 10.9. The Hall–Kier alpha value is -1.77. The van der Waals surface area contributed by atoms with Gasteiger partial charge in [-0.1, -0.05) is 18.6 Å². The van der Waals surface area contributed by atoms with Gasteiger partial charge in [-0.15, -0.1) is 0 Å². The van der Waals surface area contributed by atoms with Crippen molar-refractivity contribution in [2.45, 2.75) is 58.3 Å². The Morgan fingerprint density at radius 1 is 1.24 bits per heavy atom. The lowest BCUT2D eigenvalue weighted by atomic mass is 9.55. The molecule has 1 amide bonds. The molecule has 4 atom stereocenters. The van der Waals surface area contributed by atoms with Gasteiger partial charge in [-0.2, -0.15) is 0 Å². The SMILES string of the molecule is C/C=C1/CCC2C3CCc4cc(NC=O)c(OC)cc4C3CC[C@]12C. The first-order valence-corrected chi connectivity index (χ1v) is 9.69. The zero-order valence-electron chi connectivity index (χ0n) is 15.6. The summed E-state index contributed by atoms with van der Waals surface area (Å²) in [7, 11) is 1.69. The van der Waals surface area contributed by atoms with Gasteiger partial charge in [-0.3, -0.25) is 4.79 Å². The molecular weight excluding hydrogens is 310 g/mol. The first-order valence-electron chi connectivity index (χ1n) is 9.69. The number of hydrogen-bond donors (Lipinski definition) is 1. The molecular formula is C22H29NO2. The van der Waals surface area contributed by atoms with Crippen LogP contribution in [0.25, 0.3) is 0 Å². The van der Waals surface area contributed by atoms with Crippen molar-refractivity contribution in [3.8, 4) is 5.75 Å². The number of anilines is 1. The van der Waals surface area contributed by atoms with Crippen LogP contribution in [0.4, 0.5) is 5.69 Å². The van der Waals surface area contributed by atoms with Crippen molar-refractivity contribution in [1.82, 2.24) is 0 Å². The molecule has 3 aliphatic carbocycles. The van der Waals surface area contributed by atoms with E-state index in [4.69, 9.17) is 4.74 Å². The van der Waals surface area contributed by atoms with Gasteiger partial charge in [0.2, 0.25) is 6.41 Å². The largest absolute Gasteiger partial charge is 0.495 e. The molecule has 25 heavy (non-hydrogen) atoms. The Balaban J connectivity index is 1.71. The number of nitrogens with one attached hydrogen (secondary N) is 1. The first kappa shape index (κ1) is 16.7. The second-order valence-electron chi connectivity index (χ2n) is 8.24. The van der Waals surface area contributed by atoms with Crippen LogP contribution in [0.5, 0.6) is 5.75 Å². The lowest BCUT2D eigenvalue weighted by molar-refractivity contribution is -0.105. The van der Waals surface area contributed by atoms with E-state index < -0.39 is 0 Å². The molecule has 0 saturated heterocycles. The van der Waals surface area contributed by atoms with Crippen molar-refractivity contribution in [3.63, 3.8) is 0 Å². The van der Waals surface area contributed by atoms with Crippen LogP contribution >= 0.6 is 0 Å². The summed E-state index contributed by atoms with van der Waals surface area (Å²) >= 11 is 0. The van der Waals surface area contributed by atoms with Crippen molar-refractivity contribution >= 4 is 12.1 Å². The summed E-state index contributed by atoms with van der Waals surface area (Å²) in [4.78, 5) is 10.9. The van der Waals surface area contributed by atoms with Crippen LogP contribution in [0.2, 0.25) is 0 Å². The summed E-state index contributed by atoms with van der Waals surface area (Å²) in [5.74, 6) is 3.06. The van der Waals surface area contributed by atoms with Gasteiger partial charge < -0.3 is 10.1 Å². The molecule has 1 aromatic carbocycles. The number of fused-ring (bicyclic) bond motifs is 5. The highest BCUT2D eigenvalue weighted by atomic mass is 16.5. The van der Waals surface area contributed by atoms with E-state index in [0.717, 1.165) is 36.1 Å². The van der Waals surface area contributed by atoms with Crippen LogP contribution in [0.3, 0.4) is 0 Å². The van der Waals surface area contributed by atoms with Gasteiger partial charge in [-0.25, -0.2) is 0 Å². The fraction of sp³-hybridized carbons (Fsp3) is 0.591. The second kappa shape index (κ2) is 6.19. The van der Waals surface area contributed by atoms with E-state index >= 15 is 0 Å². The lowest BCUT2D eigenvalue weighted by Gasteiger charge is -2.49. The average Bonchev–Trinajstić information content (AvgIpc) is 2.97. The molecule has 3 unspecified atom stereocenters. The molecule has 2 saturated carbocycles. The average molecular weight is 339 g/mol. The smallest absolute Gasteiger partial charge is 0.211 e. The normalized spacial score (nSPS) is 34.8. The molecule has 3 heteroatoms. The number of allylic oxidation sites excluding steroid dienone is 2. The lowest BCUT2D eigenvalue weighted by Crippen LogP contribution is -2.40. The number of carbonyl (C=O) groups excluding carboxylic acids is 1. The highest BCUT2D eigenvalue weighted by molar-refractivity contribution is 5.76. The maximum Gasteiger partial charge on any atom is 0.211 e. The highest BCUT2D eigenvalue weighted by Crippen LogP contribution is 2.63. The van der Waals surface area contributed by atoms with Gasteiger partial charge in [0.25, 0.3) is 0 Å². The Morgan fingerprint density at radius 3 is 2.80 bits per heavy atom. The van der Waals surface area contributed by atoms with Crippen molar-refractivity contribution in [2.24, 2.45) is 17.3 Å². The number of methoxy groups -OCH3 is 1. The Bertz CT molecular complexity index is 723. The molecule has 4 rings (SSSR count). The van der Waals surface area contributed by atoms with Gasteiger partial charge in [0.15, 0.2) is 0 Å². The summed E-state index contributed by atoms with van der Waals surface area (Å²) in [6, 6.07) is 4.34. The molecule has 2 fully saturated rings. The van der Waals surface area contributed by atoms with E-state index in [2.05, 4.69) is 37.4 Å². The monoisotopic (exact) mass is 339 g/mol. The van der Waals surface area contributed by atoms with Crippen LogP contribution in [0.15, 0.2) is 23.8 Å². The van der Waals surface area contributed by atoms with E-state index in [0.29, 0.717) is 11.3 Å². The minimum Gasteiger partial charge on any atom is -0.495 e. The predicted molar refractivity (Wildman–Crippen MR) is 101 cm³/mol. The minimum absolute atomic E-state index is 0.427. The standard InChI is InChI=1S/C22H29NO2/c1-4-15-6-8-19-17-7-5-14-11-20(23-13-24)21(25-3)12-18(14)16(17)9-10-22(15,19)2/h4,11-13,16-17,19H,5-10H2,1-3H3,(H,23,24)/b15-4-/t16?,17?,19?,22-/m1/s1. The van der Waals surface area contributed by atoms with Crippen LogP contribution in [0, 0.1) is 17.3 Å². The number of carbonyl (C=O) groups is 1. The molecule has 0 aliphatic heterocycles. The summed E-state index contributed by atoms with van der Waals surface area (Å²) in [5, 5.41) is 2.79. The van der Waals surface area contributed by atoms with Crippen LogP contribution < -0.4 is 10.1 Å². The van der Waals surface area contributed by atoms with Gasteiger partial charge in [0.1, 0.15) is 5.75 Å². The molecule has 0 heterocycles. The maximum atomic E-state index is 10.9. The van der Waals surface area contributed by atoms with Crippen LogP contribution in [-0.4, -0.2) is 13.5 Å². The van der Waals surface area contributed by atoms with Gasteiger partial charge in [-0.05, 0) is 91.9 Å². The molecule has 1 N–H and O–H groups in total. The van der Waals surface area contributed by atoms with E-state index in [-0.39, 0.29) is 0 Å². The minimum atomic E-state index is 0.427. The Labute approximate surface area is 150 Å². The van der Waals surface area contributed by atoms with E-state index in [1.807, 2.05) is 0 Å². The van der Waals surface area contributed by atoms with Gasteiger partial charge in [0.05, 0.1) is 12.8 Å². The molecule has 0 radical (unpaired) electrons. The predicted octanol–water partition coefficient (Wildman–Crippen LogP) is 5.07. The summed E-state index contributed by atoms with van der Waals surface area (Å²) < 4.78 is 5.55. The summed E-state index contributed by atoms with van der Waals surface area (Å²) in [5.41, 5.74) is 5.80. The Kier molecular flexibility index (Phi) is 4.13. The number of aryl methyl sites for hydroxylation is 1. The molecule has 0 aromatic heterocycles. The molecule has 0 spiro atoms. The van der Waals surface area contributed by atoms with E-state index in [9.17, 15) is 4.79 Å². The number of amides is 1. The zero-order valence-corrected chi connectivity index (χ0v) is 15.6. The molecule has 0 bridgehead atoms. The summed E-state index contributed by atoms with van der Waals surface area (Å²) in [6.45, 7) is 4.74. The number of hydrogen-bond acceptors (Lipinski definition) is 2. The van der Waals surface area contributed by atoms with E-state index in [1.165, 1.54) is 43.2 Å². The number of ether oxygens (including phenoxy) is 1. The number of benzene rings is 1. The van der Waals surface area contributed by atoms with Crippen LogP contribution in [0.1, 0.15) is 63.0 Å². The van der Waals surface area contributed by atoms with Crippen molar-refractivity contribution in [1.29, 1.82) is 0 Å². The van der Waals surface area contributed by atoms with Crippen LogP contribution in [-0.2, 0) is 11.2 Å². The van der Waals surface area contributed by atoms with Crippen molar-refractivity contribution < 1.29 is 9.53 Å². The van der Waals surface area contributed by atoms with E-state index in [1.54, 1.807) is 12.7 Å². The third kappa shape index (κ3) is 2.43. The van der Waals surface area contributed by atoms with Gasteiger partial charge in [0, 0.05) is 0 Å².